The molecule has 5 amide bonds. The standard InChI is InChI=1S/C32H41N5O6/c1-22-7-6-9-26(23(22)2)27-19-35(32(41)37(30(27)39)17-18-43-21-42-3)20-29(38)34-14-12-25(13-15-34)36-16-11-24-8-4-5-10-28(24)33-31(36)40/h4-10,19,25,30,39H,11-18,20-21H2,1-3H3,(H,33,40). The largest absolute Gasteiger partial charge is 0.369 e. The molecule has 0 radical (unpaired) electrons. The number of carbonyl (C=O) groups excluding carboxylic acids is 3. The lowest BCUT2D eigenvalue weighted by Crippen LogP contribution is -2.55. The molecule has 0 aliphatic carbocycles. The van der Waals surface area contributed by atoms with E-state index in [2.05, 4.69) is 5.32 Å². The predicted molar refractivity (Wildman–Crippen MR) is 162 cm³/mol. The number of piperidine rings is 1. The molecule has 0 bridgehead atoms. The van der Waals surface area contributed by atoms with Gasteiger partial charge in [0, 0.05) is 56.8 Å². The second kappa shape index (κ2) is 13.6. The molecule has 5 rings (SSSR count). The van der Waals surface area contributed by atoms with E-state index in [1.165, 1.54) is 16.9 Å². The maximum atomic E-state index is 13.5. The third-order valence-corrected chi connectivity index (χ3v) is 8.66. The average Bonchev–Trinajstić information content (AvgIpc) is 3.17. The van der Waals surface area contributed by atoms with Crippen LogP contribution in [-0.4, -0.2) is 108 Å². The lowest BCUT2D eigenvalue weighted by atomic mass is 9.95. The number of anilines is 1. The van der Waals surface area contributed by atoms with Crippen molar-refractivity contribution in [2.45, 2.75) is 45.4 Å². The maximum absolute atomic E-state index is 13.5. The van der Waals surface area contributed by atoms with Crippen molar-refractivity contribution in [1.29, 1.82) is 0 Å². The van der Waals surface area contributed by atoms with Crippen molar-refractivity contribution in [3.8, 4) is 0 Å². The van der Waals surface area contributed by atoms with Crippen LogP contribution < -0.4 is 5.32 Å². The van der Waals surface area contributed by atoms with E-state index in [0.717, 1.165) is 34.4 Å². The summed E-state index contributed by atoms with van der Waals surface area (Å²) in [7, 11) is 1.51. The number of fused-ring (bicyclic) bond motifs is 1. The summed E-state index contributed by atoms with van der Waals surface area (Å²) in [6.07, 6.45) is 2.51. The summed E-state index contributed by atoms with van der Waals surface area (Å²) in [5.41, 5.74) is 5.39. The molecule has 1 saturated heterocycles. The van der Waals surface area contributed by atoms with Gasteiger partial charge in [-0.2, -0.15) is 0 Å². The molecule has 1 fully saturated rings. The van der Waals surface area contributed by atoms with Gasteiger partial charge in [-0.05, 0) is 61.4 Å². The zero-order valence-electron chi connectivity index (χ0n) is 25.1. The Kier molecular flexibility index (Phi) is 9.64. The minimum atomic E-state index is -1.19. The van der Waals surface area contributed by atoms with E-state index in [0.29, 0.717) is 38.0 Å². The first-order chi connectivity index (χ1) is 20.8. The first kappa shape index (κ1) is 30.5. The van der Waals surface area contributed by atoms with Crippen LogP contribution in [0.25, 0.3) is 5.57 Å². The van der Waals surface area contributed by atoms with Crippen LogP contribution in [0, 0.1) is 13.8 Å². The summed E-state index contributed by atoms with van der Waals surface area (Å²) in [5.74, 6) is -0.178. The van der Waals surface area contributed by atoms with Gasteiger partial charge in [0.2, 0.25) is 5.91 Å². The summed E-state index contributed by atoms with van der Waals surface area (Å²) < 4.78 is 10.3. The molecule has 0 aromatic heterocycles. The molecule has 3 aliphatic rings. The Balaban J connectivity index is 1.26. The van der Waals surface area contributed by atoms with E-state index in [9.17, 15) is 19.5 Å². The lowest BCUT2D eigenvalue weighted by Gasteiger charge is -2.40. The number of rotatable bonds is 9. The Hall–Kier alpha value is -3.93. The van der Waals surface area contributed by atoms with Crippen molar-refractivity contribution >= 4 is 29.2 Å². The van der Waals surface area contributed by atoms with Crippen molar-refractivity contribution in [1.82, 2.24) is 19.6 Å². The van der Waals surface area contributed by atoms with Crippen LogP contribution in [0.2, 0.25) is 0 Å². The molecule has 3 aliphatic heterocycles. The van der Waals surface area contributed by atoms with Gasteiger partial charge in [-0.15, -0.1) is 0 Å². The molecule has 43 heavy (non-hydrogen) atoms. The molecule has 2 N–H and O–H groups in total. The normalized spacial score (nSPS) is 19.6. The molecule has 2 aromatic rings. The van der Waals surface area contributed by atoms with Crippen LogP contribution in [0.3, 0.4) is 0 Å². The van der Waals surface area contributed by atoms with Crippen LogP contribution in [-0.2, 0) is 20.7 Å². The molecular weight excluding hydrogens is 550 g/mol. The number of carbonyl (C=O) groups is 3. The number of aliphatic hydroxyl groups excluding tert-OH is 1. The number of methoxy groups -OCH3 is 1. The van der Waals surface area contributed by atoms with Gasteiger partial charge in [-0.1, -0.05) is 36.4 Å². The number of benzene rings is 2. The summed E-state index contributed by atoms with van der Waals surface area (Å²) in [4.78, 5) is 46.4. The predicted octanol–water partition coefficient (Wildman–Crippen LogP) is 3.40. The molecule has 1 unspecified atom stereocenters. The fourth-order valence-electron chi connectivity index (χ4n) is 6.05. The first-order valence-corrected chi connectivity index (χ1v) is 14.8. The highest BCUT2D eigenvalue weighted by Gasteiger charge is 2.37. The van der Waals surface area contributed by atoms with E-state index in [1.807, 2.05) is 61.2 Å². The quantitative estimate of drug-likeness (QED) is 0.341. The molecule has 2 aromatic carbocycles. The second-order valence-corrected chi connectivity index (χ2v) is 11.3. The SMILES string of the molecule is COCOCCN1C(=O)N(CC(=O)N2CCC(N3CCc4ccccc4NC3=O)CC2)C=C(c2cccc(C)c2C)C1O. The van der Waals surface area contributed by atoms with Gasteiger partial charge in [0.15, 0.2) is 6.23 Å². The van der Waals surface area contributed by atoms with E-state index in [1.54, 1.807) is 11.1 Å². The molecule has 11 nitrogen and oxygen atoms in total. The number of likely N-dealkylation sites (tertiary alicyclic amines) is 1. The van der Waals surface area contributed by atoms with Crippen LogP contribution >= 0.6 is 0 Å². The average molecular weight is 592 g/mol. The van der Waals surface area contributed by atoms with Gasteiger partial charge in [-0.3, -0.25) is 14.6 Å². The third-order valence-electron chi connectivity index (χ3n) is 8.66. The molecule has 3 heterocycles. The van der Waals surface area contributed by atoms with Crippen LogP contribution in [0.4, 0.5) is 15.3 Å². The maximum Gasteiger partial charge on any atom is 0.326 e. The number of hydrogen-bond acceptors (Lipinski definition) is 6. The van der Waals surface area contributed by atoms with Crippen LogP contribution in [0.1, 0.15) is 35.1 Å². The van der Waals surface area contributed by atoms with E-state index < -0.39 is 12.3 Å². The summed E-state index contributed by atoms with van der Waals surface area (Å²) >= 11 is 0. The number of amides is 5. The summed E-state index contributed by atoms with van der Waals surface area (Å²) in [5, 5.41) is 14.3. The second-order valence-electron chi connectivity index (χ2n) is 11.3. The Bertz CT molecular complexity index is 1370. The Morgan fingerprint density at radius 1 is 1.05 bits per heavy atom. The smallest absolute Gasteiger partial charge is 0.326 e. The molecule has 1 atom stereocenters. The highest BCUT2D eigenvalue weighted by atomic mass is 16.7. The number of hydrogen-bond donors (Lipinski definition) is 2. The topological polar surface area (TPSA) is 115 Å². The highest BCUT2D eigenvalue weighted by molar-refractivity contribution is 5.92. The van der Waals surface area contributed by atoms with Gasteiger partial charge in [-0.25, -0.2) is 9.59 Å². The number of ether oxygens (including phenoxy) is 2. The van der Waals surface area contributed by atoms with E-state index in [4.69, 9.17) is 9.47 Å². The number of nitrogens with one attached hydrogen (secondary N) is 1. The Labute approximate surface area is 252 Å². The number of para-hydroxylation sites is 1. The summed E-state index contributed by atoms with van der Waals surface area (Å²) in [6, 6.07) is 13.1. The third kappa shape index (κ3) is 6.69. The van der Waals surface area contributed by atoms with Crippen molar-refractivity contribution in [3.05, 3.63) is 70.9 Å². The fourth-order valence-corrected chi connectivity index (χ4v) is 6.05. The zero-order valence-corrected chi connectivity index (χ0v) is 25.1. The van der Waals surface area contributed by atoms with E-state index in [-0.39, 0.29) is 44.5 Å². The Morgan fingerprint density at radius 2 is 1.81 bits per heavy atom. The van der Waals surface area contributed by atoms with Crippen molar-refractivity contribution < 1.29 is 29.0 Å². The van der Waals surface area contributed by atoms with Crippen molar-refractivity contribution in [2.75, 3.05) is 58.6 Å². The highest BCUT2D eigenvalue weighted by Crippen LogP contribution is 2.31. The molecule has 0 saturated carbocycles. The van der Waals surface area contributed by atoms with Crippen LogP contribution in [0.5, 0.6) is 0 Å². The molecule has 230 valence electrons. The fraction of sp³-hybridized carbons (Fsp3) is 0.469. The van der Waals surface area contributed by atoms with Gasteiger partial charge in [0.25, 0.3) is 0 Å². The van der Waals surface area contributed by atoms with E-state index >= 15 is 0 Å². The number of nitrogens with zero attached hydrogens (tertiary/aromatic N) is 4. The number of aliphatic hydroxyl groups is 1. The van der Waals surface area contributed by atoms with Crippen LogP contribution in [0.15, 0.2) is 48.7 Å². The number of urea groups is 2. The monoisotopic (exact) mass is 591 g/mol. The number of aryl methyl sites for hydroxylation is 1. The summed E-state index contributed by atoms with van der Waals surface area (Å²) in [6.45, 7) is 5.80. The molecule has 0 spiro atoms. The minimum absolute atomic E-state index is 0.0310. The van der Waals surface area contributed by atoms with Gasteiger partial charge >= 0.3 is 12.1 Å². The zero-order chi connectivity index (χ0) is 30.5. The Morgan fingerprint density at radius 3 is 2.58 bits per heavy atom. The van der Waals surface area contributed by atoms with Gasteiger partial charge in [0.05, 0.1) is 6.61 Å². The minimum Gasteiger partial charge on any atom is -0.369 e. The van der Waals surface area contributed by atoms with Crippen molar-refractivity contribution in [3.63, 3.8) is 0 Å². The lowest BCUT2D eigenvalue weighted by molar-refractivity contribution is -0.133. The van der Waals surface area contributed by atoms with Gasteiger partial charge < -0.3 is 29.7 Å². The molecule has 11 heteroatoms. The van der Waals surface area contributed by atoms with Gasteiger partial charge in [0.1, 0.15) is 13.3 Å². The first-order valence-electron chi connectivity index (χ1n) is 14.8. The molecular formula is C32H41N5O6. The van der Waals surface area contributed by atoms with Crippen molar-refractivity contribution in [2.24, 2.45) is 0 Å².